The second kappa shape index (κ2) is 5.17. The third kappa shape index (κ3) is 2.24. The fourth-order valence-corrected chi connectivity index (χ4v) is 3.24. The normalized spacial score (nSPS) is 16.8. The van der Waals surface area contributed by atoms with Gasteiger partial charge in [-0.1, -0.05) is 15.9 Å². The zero-order chi connectivity index (χ0) is 15.3. The molecule has 114 valence electrons. The van der Waals surface area contributed by atoms with E-state index in [1.807, 2.05) is 23.6 Å². The molecule has 0 saturated carbocycles. The minimum absolute atomic E-state index is 0.768. The van der Waals surface area contributed by atoms with E-state index >= 15 is 0 Å². The first-order valence-corrected chi connectivity index (χ1v) is 8.17. The largest absolute Gasteiger partial charge is 0.338 e. The Kier molecular flexibility index (Phi) is 3.27. The summed E-state index contributed by atoms with van der Waals surface area (Å²) < 4.78 is 2.91. The molecule has 3 heterocycles. The van der Waals surface area contributed by atoms with E-state index in [1.165, 1.54) is 0 Å². The molecule has 0 amide bonds. The minimum Gasteiger partial charge on any atom is -0.338 e. The Morgan fingerprint density at radius 3 is 2.64 bits per heavy atom. The van der Waals surface area contributed by atoms with Gasteiger partial charge in [-0.2, -0.15) is 4.52 Å². The molecule has 0 radical (unpaired) electrons. The summed E-state index contributed by atoms with van der Waals surface area (Å²) in [7, 11) is 2.15. The third-order valence-corrected chi connectivity index (χ3v) is 4.60. The van der Waals surface area contributed by atoms with Crippen molar-refractivity contribution in [2.24, 2.45) is 0 Å². The van der Waals surface area contributed by atoms with Crippen molar-refractivity contribution in [3.05, 3.63) is 28.5 Å². The Balaban J connectivity index is 1.94. The lowest BCUT2D eigenvalue weighted by atomic mass is 10.2. The van der Waals surface area contributed by atoms with Crippen molar-refractivity contribution in [1.82, 2.24) is 24.5 Å². The standard InChI is InChI=1S/C15H17BrN6/c1-10-17-14-12-9-11(16)3-4-13(12)18-15(22(14)19-10)21-7-5-20(2)6-8-21/h3-4,9H,5-8H2,1-2H3. The Morgan fingerprint density at radius 1 is 1.09 bits per heavy atom. The summed E-state index contributed by atoms with van der Waals surface area (Å²) in [5.41, 5.74) is 1.83. The van der Waals surface area contributed by atoms with Gasteiger partial charge in [0.1, 0.15) is 5.82 Å². The predicted octanol–water partition coefficient (Wildman–Crippen LogP) is 2.10. The van der Waals surface area contributed by atoms with Crippen LogP contribution in [0.4, 0.5) is 5.95 Å². The van der Waals surface area contributed by atoms with Crippen LogP contribution in [0.15, 0.2) is 22.7 Å². The number of benzene rings is 1. The smallest absolute Gasteiger partial charge is 0.229 e. The van der Waals surface area contributed by atoms with Gasteiger partial charge in [0.25, 0.3) is 0 Å². The summed E-state index contributed by atoms with van der Waals surface area (Å²) >= 11 is 3.53. The number of hydrogen-bond acceptors (Lipinski definition) is 5. The number of hydrogen-bond donors (Lipinski definition) is 0. The van der Waals surface area contributed by atoms with Crippen LogP contribution in [0.1, 0.15) is 5.82 Å². The molecule has 0 unspecified atom stereocenters. The Hall–Kier alpha value is -1.73. The summed E-state index contributed by atoms with van der Waals surface area (Å²) in [4.78, 5) is 14.1. The van der Waals surface area contributed by atoms with Crippen LogP contribution < -0.4 is 4.90 Å². The second-order valence-corrected chi connectivity index (χ2v) is 6.67. The molecule has 0 aliphatic carbocycles. The van der Waals surface area contributed by atoms with Crippen LogP contribution in [0.3, 0.4) is 0 Å². The van der Waals surface area contributed by atoms with Crippen molar-refractivity contribution in [3.63, 3.8) is 0 Å². The first-order valence-electron chi connectivity index (χ1n) is 7.38. The number of rotatable bonds is 1. The monoisotopic (exact) mass is 360 g/mol. The summed E-state index contributed by atoms with van der Waals surface area (Å²) in [6.45, 7) is 5.91. The van der Waals surface area contributed by atoms with Crippen molar-refractivity contribution >= 4 is 38.4 Å². The molecular weight excluding hydrogens is 344 g/mol. The molecule has 4 rings (SSSR count). The predicted molar refractivity (Wildman–Crippen MR) is 90.4 cm³/mol. The van der Waals surface area contributed by atoms with E-state index in [0.717, 1.165) is 59.0 Å². The molecule has 22 heavy (non-hydrogen) atoms. The number of aromatic nitrogens is 4. The molecule has 1 aliphatic heterocycles. The number of fused-ring (bicyclic) bond motifs is 3. The molecule has 2 aromatic heterocycles. The summed E-state index contributed by atoms with van der Waals surface area (Å²) in [6.07, 6.45) is 0. The van der Waals surface area contributed by atoms with Crippen molar-refractivity contribution < 1.29 is 0 Å². The molecule has 3 aromatic rings. The number of nitrogens with zero attached hydrogens (tertiary/aromatic N) is 6. The van der Waals surface area contributed by atoms with Gasteiger partial charge in [0, 0.05) is 36.0 Å². The van der Waals surface area contributed by atoms with Crippen molar-refractivity contribution in [2.45, 2.75) is 6.92 Å². The maximum absolute atomic E-state index is 4.85. The minimum atomic E-state index is 0.768. The topological polar surface area (TPSA) is 49.6 Å². The van der Waals surface area contributed by atoms with Crippen molar-refractivity contribution in [3.8, 4) is 0 Å². The quantitative estimate of drug-likeness (QED) is 0.665. The highest BCUT2D eigenvalue weighted by molar-refractivity contribution is 9.10. The number of anilines is 1. The van der Waals surface area contributed by atoms with Crippen LogP contribution in [-0.2, 0) is 0 Å². The highest BCUT2D eigenvalue weighted by Gasteiger charge is 2.20. The van der Waals surface area contributed by atoms with Gasteiger partial charge in [0.05, 0.1) is 5.52 Å². The van der Waals surface area contributed by atoms with Gasteiger partial charge in [0.2, 0.25) is 5.95 Å². The molecule has 1 aliphatic rings. The lowest BCUT2D eigenvalue weighted by Gasteiger charge is -2.33. The highest BCUT2D eigenvalue weighted by Crippen LogP contribution is 2.26. The second-order valence-electron chi connectivity index (χ2n) is 5.76. The number of likely N-dealkylation sites (N-methyl/N-ethyl adjacent to an activating group) is 1. The first-order chi connectivity index (χ1) is 10.6. The zero-order valence-corrected chi connectivity index (χ0v) is 14.2. The molecule has 0 N–H and O–H groups in total. The average molecular weight is 361 g/mol. The SMILES string of the molecule is Cc1nc2c3cc(Br)ccc3nc(N3CCN(C)CC3)n2n1. The Labute approximate surface area is 136 Å². The Bertz CT molecular complexity index is 850. The highest BCUT2D eigenvalue weighted by atomic mass is 79.9. The van der Waals surface area contributed by atoms with Crippen LogP contribution in [0.25, 0.3) is 16.6 Å². The van der Waals surface area contributed by atoms with E-state index in [2.05, 4.69) is 48.9 Å². The van der Waals surface area contributed by atoms with Crippen molar-refractivity contribution in [2.75, 3.05) is 38.1 Å². The van der Waals surface area contributed by atoms with Gasteiger partial charge in [-0.15, -0.1) is 5.10 Å². The molecule has 1 aromatic carbocycles. The van der Waals surface area contributed by atoms with E-state index < -0.39 is 0 Å². The van der Waals surface area contributed by atoms with E-state index in [4.69, 9.17) is 4.98 Å². The molecule has 6 nitrogen and oxygen atoms in total. The third-order valence-electron chi connectivity index (χ3n) is 4.11. The molecule has 1 fully saturated rings. The Morgan fingerprint density at radius 2 is 1.86 bits per heavy atom. The molecular formula is C15H17BrN6. The number of halogens is 1. The van der Waals surface area contributed by atoms with Gasteiger partial charge in [0.15, 0.2) is 5.65 Å². The van der Waals surface area contributed by atoms with Gasteiger partial charge in [-0.3, -0.25) is 0 Å². The van der Waals surface area contributed by atoms with Crippen LogP contribution in [-0.4, -0.2) is 57.7 Å². The fraction of sp³-hybridized carbons (Fsp3) is 0.400. The maximum atomic E-state index is 4.85. The number of piperazine rings is 1. The van der Waals surface area contributed by atoms with E-state index in [1.54, 1.807) is 0 Å². The van der Waals surface area contributed by atoms with Crippen LogP contribution >= 0.6 is 15.9 Å². The van der Waals surface area contributed by atoms with Gasteiger partial charge >= 0.3 is 0 Å². The summed E-state index contributed by atoms with van der Waals surface area (Å²) in [5, 5.41) is 5.58. The van der Waals surface area contributed by atoms with Crippen LogP contribution in [0.5, 0.6) is 0 Å². The van der Waals surface area contributed by atoms with E-state index in [9.17, 15) is 0 Å². The summed E-state index contributed by atoms with van der Waals surface area (Å²) in [5.74, 6) is 1.66. The van der Waals surface area contributed by atoms with Gasteiger partial charge < -0.3 is 9.80 Å². The summed E-state index contributed by atoms with van der Waals surface area (Å²) in [6, 6.07) is 6.10. The number of aryl methyl sites for hydroxylation is 1. The first kappa shape index (κ1) is 13.9. The van der Waals surface area contributed by atoms with E-state index in [-0.39, 0.29) is 0 Å². The molecule has 7 heteroatoms. The van der Waals surface area contributed by atoms with E-state index in [0.29, 0.717) is 0 Å². The maximum Gasteiger partial charge on any atom is 0.229 e. The lowest BCUT2D eigenvalue weighted by molar-refractivity contribution is 0.310. The van der Waals surface area contributed by atoms with Crippen LogP contribution in [0, 0.1) is 6.92 Å². The van der Waals surface area contributed by atoms with Crippen LogP contribution in [0.2, 0.25) is 0 Å². The molecule has 1 saturated heterocycles. The molecule has 0 spiro atoms. The van der Waals surface area contributed by atoms with Gasteiger partial charge in [-0.25, -0.2) is 9.97 Å². The zero-order valence-electron chi connectivity index (χ0n) is 12.6. The lowest BCUT2D eigenvalue weighted by Crippen LogP contribution is -2.45. The van der Waals surface area contributed by atoms with Gasteiger partial charge in [-0.05, 0) is 32.2 Å². The molecule has 0 bridgehead atoms. The van der Waals surface area contributed by atoms with Crippen molar-refractivity contribution in [1.29, 1.82) is 0 Å². The fourth-order valence-electron chi connectivity index (χ4n) is 2.88. The average Bonchev–Trinajstić information content (AvgIpc) is 2.89. The molecule has 0 atom stereocenters.